The number of rotatable bonds is 2. The van der Waals surface area contributed by atoms with Crippen molar-refractivity contribution in [2.45, 2.75) is 25.3 Å². The molecule has 1 atom stereocenters. The number of H-pyrrole nitrogens is 1. The first kappa shape index (κ1) is 12.2. The molecule has 1 aromatic carbocycles. The second kappa shape index (κ2) is 4.06. The lowest BCUT2D eigenvalue weighted by atomic mass is 9.96. The number of aromatic carboxylic acids is 1. The zero-order valence-electron chi connectivity index (χ0n) is 10.6. The van der Waals surface area contributed by atoms with E-state index in [-0.39, 0.29) is 11.1 Å². The Hall–Kier alpha value is -1.88. The Labute approximate surface area is 109 Å². The van der Waals surface area contributed by atoms with Crippen molar-refractivity contribution in [1.29, 1.82) is 0 Å². The van der Waals surface area contributed by atoms with E-state index in [9.17, 15) is 9.18 Å². The van der Waals surface area contributed by atoms with Crippen LogP contribution in [-0.4, -0.2) is 22.6 Å². The smallest absolute Gasteiger partial charge is 0.336 e. The number of hydrogen-bond acceptors (Lipinski definition) is 2. The van der Waals surface area contributed by atoms with Gasteiger partial charge in [-0.3, -0.25) is 0 Å². The van der Waals surface area contributed by atoms with E-state index in [2.05, 4.69) is 17.2 Å². The van der Waals surface area contributed by atoms with Crippen LogP contribution >= 0.6 is 0 Å². The lowest BCUT2D eigenvalue weighted by Gasteiger charge is -2.22. The predicted octanol–water partition coefficient (Wildman–Crippen LogP) is 2.60. The molecule has 1 aliphatic rings. The highest BCUT2D eigenvalue weighted by Crippen LogP contribution is 2.33. The number of aromatic amines is 1. The molecule has 0 spiro atoms. The van der Waals surface area contributed by atoms with E-state index in [1.165, 1.54) is 6.07 Å². The Balaban J connectivity index is 2.20. The number of benzene rings is 1. The normalized spacial score (nSPS) is 23.1. The molecule has 1 unspecified atom stereocenters. The maximum Gasteiger partial charge on any atom is 0.336 e. The molecule has 3 rings (SSSR count). The fourth-order valence-corrected chi connectivity index (χ4v) is 2.80. The molecule has 5 heteroatoms. The van der Waals surface area contributed by atoms with Crippen molar-refractivity contribution in [2.75, 3.05) is 6.54 Å². The van der Waals surface area contributed by atoms with Crippen LogP contribution in [0.15, 0.2) is 18.2 Å². The number of hydrogen-bond donors (Lipinski definition) is 3. The topological polar surface area (TPSA) is 65.1 Å². The monoisotopic (exact) mass is 262 g/mol. The van der Waals surface area contributed by atoms with Gasteiger partial charge in [-0.1, -0.05) is 0 Å². The van der Waals surface area contributed by atoms with Crippen LogP contribution in [0.1, 0.15) is 35.8 Å². The molecule has 1 saturated heterocycles. The molecule has 2 heterocycles. The average molecular weight is 262 g/mol. The predicted molar refractivity (Wildman–Crippen MR) is 69.8 cm³/mol. The van der Waals surface area contributed by atoms with Crippen molar-refractivity contribution in [3.63, 3.8) is 0 Å². The van der Waals surface area contributed by atoms with Gasteiger partial charge in [-0.05, 0) is 44.5 Å². The highest BCUT2D eigenvalue weighted by molar-refractivity contribution is 6.03. The quantitative estimate of drug-likeness (QED) is 0.779. The summed E-state index contributed by atoms with van der Waals surface area (Å²) >= 11 is 0. The lowest BCUT2D eigenvalue weighted by molar-refractivity contribution is 0.0698. The van der Waals surface area contributed by atoms with Gasteiger partial charge >= 0.3 is 5.97 Å². The molecule has 0 saturated carbocycles. The fourth-order valence-electron chi connectivity index (χ4n) is 2.80. The van der Waals surface area contributed by atoms with Crippen LogP contribution in [0.3, 0.4) is 0 Å². The van der Waals surface area contributed by atoms with E-state index in [4.69, 9.17) is 5.11 Å². The lowest BCUT2D eigenvalue weighted by Crippen LogP contribution is -2.33. The average Bonchev–Trinajstić information content (AvgIpc) is 2.94. The van der Waals surface area contributed by atoms with Gasteiger partial charge in [-0.15, -0.1) is 0 Å². The van der Waals surface area contributed by atoms with E-state index in [1.54, 1.807) is 0 Å². The molecule has 3 N–H and O–H groups in total. The van der Waals surface area contributed by atoms with Gasteiger partial charge in [0.2, 0.25) is 0 Å². The van der Waals surface area contributed by atoms with Gasteiger partial charge in [0, 0.05) is 16.6 Å². The van der Waals surface area contributed by atoms with Gasteiger partial charge in [0.1, 0.15) is 5.82 Å². The molecule has 0 radical (unpaired) electrons. The molecule has 1 fully saturated rings. The van der Waals surface area contributed by atoms with Crippen molar-refractivity contribution in [3.8, 4) is 0 Å². The number of nitrogens with one attached hydrogen (secondary N) is 2. The van der Waals surface area contributed by atoms with E-state index >= 15 is 0 Å². The molecule has 0 amide bonds. The molecular weight excluding hydrogens is 247 g/mol. The van der Waals surface area contributed by atoms with Gasteiger partial charge in [-0.2, -0.15) is 0 Å². The second-order valence-corrected chi connectivity index (χ2v) is 5.27. The fraction of sp³-hybridized carbons (Fsp3) is 0.357. The first-order valence-electron chi connectivity index (χ1n) is 6.31. The van der Waals surface area contributed by atoms with Crippen LogP contribution in [0, 0.1) is 5.82 Å². The number of carbonyl (C=O) groups is 1. The molecule has 4 nitrogen and oxygen atoms in total. The molecule has 100 valence electrons. The Morgan fingerprint density at radius 3 is 2.84 bits per heavy atom. The first-order chi connectivity index (χ1) is 8.99. The summed E-state index contributed by atoms with van der Waals surface area (Å²) in [7, 11) is 0. The minimum absolute atomic E-state index is 0.000836. The molecule has 1 aromatic heterocycles. The summed E-state index contributed by atoms with van der Waals surface area (Å²) in [6.07, 6.45) is 2.05. The Bertz CT molecular complexity index is 657. The summed E-state index contributed by atoms with van der Waals surface area (Å²) in [5.74, 6) is -1.65. The zero-order chi connectivity index (χ0) is 13.6. The Kier molecular flexibility index (Phi) is 2.60. The standard InChI is InChI=1S/C14H15FN2O2/c1-14(3-2-4-16-14)12-7-9-10(13(18)19)5-8(15)6-11(9)17-12/h5-7,16-17H,2-4H2,1H3,(H,18,19). The summed E-state index contributed by atoms with van der Waals surface area (Å²) in [5, 5.41) is 13.1. The van der Waals surface area contributed by atoms with Gasteiger partial charge in [0.15, 0.2) is 0 Å². The van der Waals surface area contributed by atoms with Crippen molar-refractivity contribution < 1.29 is 14.3 Å². The number of carboxylic acid groups (broad SMARTS) is 1. The zero-order valence-corrected chi connectivity index (χ0v) is 10.6. The SMILES string of the molecule is CC1(c2cc3c(C(=O)O)cc(F)cc3[nH]2)CCCN1. The Morgan fingerprint density at radius 2 is 2.21 bits per heavy atom. The summed E-state index contributed by atoms with van der Waals surface area (Å²) in [6.45, 7) is 3.01. The Morgan fingerprint density at radius 1 is 1.42 bits per heavy atom. The number of fused-ring (bicyclic) bond motifs is 1. The minimum atomic E-state index is -1.11. The first-order valence-corrected chi connectivity index (χ1v) is 6.31. The highest BCUT2D eigenvalue weighted by Gasteiger charge is 2.32. The van der Waals surface area contributed by atoms with E-state index in [0.29, 0.717) is 10.9 Å². The largest absolute Gasteiger partial charge is 0.478 e. The molecule has 19 heavy (non-hydrogen) atoms. The van der Waals surface area contributed by atoms with Crippen LogP contribution in [0.25, 0.3) is 10.9 Å². The van der Waals surface area contributed by atoms with Crippen molar-refractivity contribution >= 4 is 16.9 Å². The van der Waals surface area contributed by atoms with Gasteiger partial charge in [0.05, 0.1) is 11.1 Å². The number of carboxylic acids is 1. The molecule has 2 aromatic rings. The van der Waals surface area contributed by atoms with Crippen LogP contribution < -0.4 is 5.32 Å². The maximum absolute atomic E-state index is 13.4. The summed E-state index contributed by atoms with van der Waals surface area (Å²) in [6, 6.07) is 4.22. The third-order valence-electron chi connectivity index (χ3n) is 3.90. The third-order valence-corrected chi connectivity index (χ3v) is 3.90. The molecular formula is C14H15FN2O2. The van der Waals surface area contributed by atoms with Crippen LogP contribution in [-0.2, 0) is 5.54 Å². The van der Waals surface area contributed by atoms with Crippen LogP contribution in [0.2, 0.25) is 0 Å². The van der Waals surface area contributed by atoms with Gasteiger partial charge in [-0.25, -0.2) is 9.18 Å². The molecule has 0 bridgehead atoms. The van der Waals surface area contributed by atoms with Crippen molar-refractivity contribution in [1.82, 2.24) is 10.3 Å². The minimum Gasteiger partial charge on any atom is -0.478 e. The van der Waals surface area contributed by atoms with Crippen molar-refractivity contribution in [3.05, 3.63) is 35.3 Å². The van der Waals surface area contributed by atoms with Gasteiger partial charge < -0.3 is 15.4 Å². The summed E-state index contributed by atoms with van der Waals surface area (Å²) in [5.41, 5.74) is 1.25. The van der Waals surface area contributed by atoms with E-state index < -0.39 is 11.8 Å². The maximum atomic E-state index is 13.4. The van der Waals surface area contributed by atoms with E-state index in [0.717, 1.165) is 31.1 Å². The van der Waals surface area contributed by atoms with Crippen LogP contribution in [0.5, 0.6) is 0 Å². The number of halogens is 1. The van der Waals surface area contributed by atoms with Crippen LogP contribution in [0.4, 0.5) is 4.39 Å². The molecule has 0 aliphatic carbocycles. The number of aromatic nitrogens is 1. The summed E-state index contributed by atoms with van der Waals surface area (Å²) in [4.78, 5) is 14.3. The third kappa shape index (κ3) is 1.90. The molecule has 1 aliphatic heterocycles. The van der Waals surface area contributed by atoms with Crippen molar-refractivity contribution in [2.24, 2.45) is 0 Å². The second-order valence-electron chi connectivity index (χ2n) is 5.27. The van der Waals surface area contributed by atoms with E-state index in [1.807, 2.05) is 6.07 Å². The van der Waals surface area contributed by atoms with Gasteiger partial charge in [0.25, 0.3) is 0 Å². The summed E-state index contributed by atoms with van der Waals surface area (Å²) < 4.78 is 13.4. The highest BCUT2D eigenvalue weighted by atomic mass is 19.1.